The Morgan fingerprint density at radius 1 is 0.932 bits per heavy atom. The molecule has 1 heterocycles. The quantitative estimate of drug-likeness (QED) is 0.228. The Kier molecular flexibility index (Phi) is 8.81. The summed E-state index contributed by atoms with van der Waals surface area (Å²) >= 11 is 0. The number of likely N-dealkylation sites (tertiary alicyclic amines) is 1. The van der Waals surface area contributed by atoms with E-state index in [4.69, 9.17) is 9.47 Å². The van der Waals surface area contributed by atoms with Crippen LogP contribution >= 0.6 is 0 Å². The third kappa shape index (κ3) is 7.14. The number of carbonyl (C=O) groups is 2. The molecule has 226 valence electrons. The van der Waals surface area contributed by atoms with Crippen molar-refractivity contribution in [2.24, 2.45) is 0 Å². The number of nitriles is 1. The van der Waals surface area contributed by atoms with Gasteiger partial charge in [0.2, 0.25) is 0 Å². The van der Waals surface area contributed by atoms with Crippen LogP contribution in [0.25, 0.3) is 10.8 Å². The molecule has 1 aliphatic heterocycles. The van der Waals surface area contributed by atoms with Crippen molar-refractivity contribution in [2.45, 2.75) is 51.9 Å². The Hall–Kier alpha value is -4.97. The minimum atomic E-state index is -1.03. The molecule has 0 spiro atoms. The normalized spacial score (nSPS) is 13.8. The van der Waals surface area contributed by atoms with Crippen molar-refractivity contribution in [2.75, 3.05) is 18.0 Å². The van der Waals surface area contributed by atoms with E-state index < -0.39 is 34.8 Å². The van der Waals surface area contributed by atoms with Gasteiger partial charge < -0.3 is 19.3 Å². The van der Waals surface area contributed by atoms with Gasteiger partial charge in [0.15, 0.2) is 0 Å². The lowest BCUT2D eigenvalue weighted by Crippen LogP contribution is -2.44. The number of ether oxygens (including phenoxy) is 2. The summed E-state index contributed by atoms with van der Waals surface area (Å²) in [5.41, 5.74) is 0.411. The highest BCUT2D eigenvalue weighted by Gasteiger charge is 2.29. The van der Waals surface area contributed by atoms with Gasteiger partial charge in [-0.2, -0.15) is 5.26 Å². The van der Waals surface area contributed by atoms with Crippen LogP contribution in [-0.4, -0.2) is 41.7 Å². The lowest BCUT2D eigenvalue weighted by molar-refractivity contribution is 0.0126. The number of hydrogen-bond acceptors (Lipinski definition) is 5. The van der Waals surface area contributed by atoms with Crippen LogP contribution in [0.1, 0.15) is 55.1 Å². The van der Waals surface area contributed by atoms with E-state index in [0.29, 0.717) is 37.2 Å². The van der Waals surface area contributed by atoms with Crippen LogP contribution in [0.4, 0.5) is 19.3 Å². The number of anilines is 1. The second kappa shape index (κ2) is 12.7. The molecular formula is C35H33F2N3O4. The van der Waals surface area contributed by atoms with Gasteiger partial charge in [0.05, 0.1) is 18.2 Å². The zero-order chi connectivity index (χ0) is 31.4. The largest absolute Gasteiger partial charge is 0.490 e. The predicted octanol–water partition coefficient (Wildman–Crippen LogP) is 7.61. The molecule has 4 aromatic carbocycles. The molecule has 1 aliphatic rings. The van der Waals surface area contributed by atoms with Crippen LogP contribution in [0.5, 0.6) is 5.75 Å². The maximum absolute atomic E-state index is 15.5. The molecule has 2 amide bonds. The van der Waals surface area contributed by atoms with Crippen LogP contribution in [0.2, 0.25) is 0 Å². The first-order valence-electron chi connectivity index (χ1n) is 14.4. The third-order valence-corrected chi connectivity index (χ3v) is 7.31. The minimum absolute atomic E-state index is 0.0265. The van der Waals surface area contributed by atoms with E-state index in [9.17, 15) is 14.9 Å². The van der Waals surface area contributed by atoms with E-state index in [2.05, 4.69) is 6.07 Å². The van der Waals surface area contributed by atoms with E-state index >= 15 is 8.78 Å². The molecule has 0 saturated carbocycles. The monoisotopic (exact) mass is 597 g/mol. The molecule has 0 aromatic heterocycles. The molecular weight excluding hydrogens is 564 g/mol. The van der Waals surface area contributed by atoms with Crippen molar-refractivity contribution in [1.29, 1.82) is 5.26 Å². The van der Waals surface area contributed by atoms with Crippen molar-refractivity contribution in [3.05, 3.63) is 107 Å². The number of para-hydroxylation sites is 1. The number of amides is 2. The number of fused-ring (bicyclic) bond motifs is 1. The summed E-state index contributed by atoms with van der Waals surface area (Å²) in [4.78, 5) is 29.0. The molecule has 9 heteroatoms. The number of rotatable bonds is 6. The van der Waals surface area contributed by atoms with E-state index in [1.165, 1.54) is 4.90 Å². The first kappa shape index (κ1) is 30.5. The average Bonchev–Trinajstić information content (AvgIpc) is 2.99. The first-order chi connectivity index (χ1) is 21.0. The lowest BCUT2D eigenvalue weighted by atomic mass is 10.0. The van der Waals surface area contributed by atoms with Gasteiger partial charge in [0.25, 0.3) is 5.91 Å². The fourth-order valence-corrected chi connectivity index (χ4v) is 5.17. The molecule has 0 unspecified atom stereocenters. The highest BCUT2D eigenvalue weighted by atomic mass is 19.1. The van der Waals surface area contributed by atoms with E-state index in [1.54, 1.807) is 68.1 Å². The molecule has 0 aliphatic carbocycles. The molecule has 0 bridgehead atoms. The first-order valence-corrected chi connectivity index (χ1v) is 14.4. The summed E-state index contributed by atoms with van der Waals surface area (Å²) in [6.07, 6.45) is 0.165. The number of piperidine rings is 1. The standard InChI is InChI=1S/C35H33F2N3O4/c1-35(2,3)44-34(42)39-15-13-28(14-16-39)43-29-19-30(36)32(31(37)20-29)33(41)40(27-7-5-4-6-8-27)22-24-10-12-25-11-9-23(21-38)17-26(25)18-24/h4-12,17-20,28H,13-16,22H2,1-3H3. The zero-order valence-electron chi connectivity index (χ0n) is 24.8. The number of hydrogen-bond donors (Lipinski definition) is 0. The van der Waals surface area contributed by atoms with Crippen molar-refractivity contribution < 1.29 is 27.8 Å². The van der Waals surface area contributed by atoms with Gasteiger partial charge in [-0.15, -0.1) is 0 Å². The molecule has 0 radical (unpaired) electrons. The van der Waals surface area contributed by atoms with Gasteiger partial charge in [-0.3, -0.25) is 4.79 Å². The van der Waals surface area contributed by atoms with Gasteiger partial charge in [-0.1, -0.05) is 36.4 Å². The average molecular weight is 598 g/mol. The SMILES string of the molecule is CC(C)(C)OC(=O)N1CCC(Oc2cc(F)c(C(=O)N(Cc3ccc4ccc(C#N)cc4c3)c3ccccc3)c(F)c2)CC1. The van der Waals surface area contributed by atoms with Crippen LogP contribution in [0, 0.1) is 23.0 Å². The number of nitrogens with zero attached hydrogens (tertiary/aromatic N) is 3. The summed E-state index contributed by atoms with van der Waals surface area (Å²) in [6, 6.07) is 23.8. The summed E-state index contributed by atoms with van der Waals surface area (Å²) < 4.78 is 42.2. The van der Waals surface area contributed by atoms with Crippen LogP contribution in [0.15, 0.2) is 78.9 Å². The van der Waals surface area contributed by atoms with Gasteiger partial charge in [0.1, 0.15) is 34.7 Å². The van der Waals surface area contributed by atoms with Crippen molar-refractivity contribution in [3.63, 3.8) is 0 Å². The number of halogens is 2. The summed E-state index contributed by atoms with van der Waals surface area (Å²) in [5.74, 6) is -2.93. The maximum atomic E-state index is 15.5. The zero-order valence-corrected chi connectivity index (χ0v) is 24.8. The molecule has 0 atom stereocenters. The van der Waals surface area contributed by atoms with Crippen molar-refractivity contribution in [3.8, 4) is 11.8 Å². The van der Waals surface area contributed by atoms with Gasteiger partial charge in [-0.05, 0) is 67.4 Å². The molecule has 1 fully saturated rings. The predicted molar refractivity (Wildman–Crippen MR) is 163 cm³/mol. The Morgan fingerprint density at radius 2 is 1.59 bits per heavy atom. The molecule has 4 aromatic rings. The topological polar surface area (TPSA) is 82.9 Å². The summed E-state index contributed by atoms with van der Waals surface area (Å²) in [5, 5.41) is 11.0. The van der Waals surface area contributed by atoms with E-state index in [0.717, 1.165) is 28.5 Å². The summed E-state index contributed by atoms with van der Waals surface area (Å²) in [7, 11) is 0. The Labute approximate surface area is 255 Å². The Morgan fingerprint density at radius 3 is 2.23 bits per heavy atom. The minimum Gasteiger partial charge on any atom is -0.490 e. The Balaban J connectivity index is 1.34. The number of carbonyl (C=O) groups excluding carboxylic acids is 2. The lowest BCUT2D eigenvalue weighted by Gasteiger charge is -2.33. The molecule has 44 heavy (non-hydrogen) atoms. The fraction of sp³-hybridized carbons (Fsp3) is 0.286. The van der Waals surface area contributed by atoms with E-state index in [1.807, 2.05) is 24.3 Å². The third-order valence-electron chi connectivity index (χ3n) is 7.31. The highest BCUT2D eigenvalue weighted by molar-refractivity contribution is 6.06. The molecule has 0 N–H and O–H groups in total. The second-order valence-corrected chi connectivity index (χ2v) is 11.8. The highest BCUT2D eigenvalue weighted by Crippen LogP contribution is 2.29. The van der Waals surface area contributed by atoms with Gasteiger partial charge >= 0.3 is 6.09 Å². The fourth-order valence-electron chi connectivity index (χ4n) is 5.17. The van der Waals surface area contributed by atoms with Gasteiger partial charge in [-0.25, -0.2) is 13.6 Å². The van der Waals surface area contributed by atoms with Crippen LogP contribution < -0.4 is 9.64 Å². The molecule has 7 nitrogen and oxygen atoms in total. The number of benzene rings is 4. The smallest absolute Gasteiger partial charge is 0.410 e. The summed E-state index contributed by atoms with van der Waals surface area (Å²) in [6.45, 7) is 6.22. The molecule has 5 rings (SSSR count). The van der Waals surface area contributed by atoms with Crippen molar-refractivity contribution in [1.82, 2.24) is 4.90 Å². The van der Waals surface area contributed by atoms with Crippen molar-refractivity contribution >= 4 is 28.5 Å². The van der Waals surface area contributed by atoms with E-state index in [-0.39, 0.29) is 18.4 Å². The van der Waals surface area contributed by atoms with Gasteiger partial charge in [0, 0.05) is 43.8 Å². The second-order valence-electron chi connectivity index (χ2n) is 11.8. The van der Waals surface area contributed by atoms with Crippen LogP contribution in [0.3, 0.4) is 0 Å². The maximum Gasteiger partial charge on any atom is 0.410 e. The van der Waals surface area contributed by atoms with Crippen LogP contribution in [-0.2, 0) is 11.3 Å². The Bertz CT molecular complexity index is 1700. The molecule has 1 saturated heterocycles.